The van der Waals surface area contributed by atoms with Gasteiger partial charge in [0.15, 0.2) is 11.5 Å². The summed E-state index contributed by atoms with van der Waals surface area (Å²) in [5, 5.41) is 2.58. The van der Waals surface area contributed by atoms with Crippen molar-refractivity contribution in [3.05, 3.63) is 17.7 Å². The van der Waals surface area contributed by atoms with Crippen molar-refractivity contribution in [3.63, 3.8) is 0 Å². The number of primary amides is 1. The lowest BCUT2D eigenvalue weighted by atomic mass is 9.76. The molecule has 4 amide bonds. The highest BCUT2D eigenvalue weighted by Crippen LogP contribution is 2.44. The molecule has 0 heterocycles. The van der Waals surface area contributed by atoms with Gasteiger partial charge in [-0.1, -0.05) is 39.0 Å². The number of carbonyl (C=O) groups excluding carboxylic acids is 3. The molecule has 9 heteroatoms. The monoisotopic (exact) mass is 491 g/mol. The minimum absolute atomic E-state index is 0.0640. The van der Waals surface area contributed by atoms with E-state index < -0.39 is 23.9 Å². The van der Waals surface area contributed by atoms with Gasteiger partial charge in [0.05, 0.1) is 27.2 Å². The largest absolute Gasteiger partial charge is 0.493 e. The average molecular weight is 492 g/mol. The Hall–Kier alpha value is -2.97. The summed E-state index contributed by atoms with van der Waals surface area (Å²) in [7, 11) is 4.60. The van der Waals surface area contributed by atoms with E-state index in [0.29, 0.717) is 29.2 Å². The number of rotatable bonds is 12. The summed E-state index contributed by atoms with van der Waals surface area (Å²) >= 11 is 0. The van der Waals surface area contributed by atoms with Crippen LogP contribution in [0.15, 0.2) is 12.1 Å². The molecule has 0 bridgehead atoms. The number of hydrogen-bond donors (Lipinski definition) is 2. The summed E-state index contributed by atoms with van der Waals surface area (Å²) in [5.74, 6) is -0.0976. The number of nitrogens with two attached hydrogens (primary N) is 1. The van der Waals surface area contributed by atoms with Gasteiger partial charge in [-0.05, 0) is 49.8 Å². The highest BCUT2D eigenvalue weighted by Gasteiger charge is 2.37. The number of unbranched alkanes of at least 4 members (excludes halogenated alkanes) is 2. The van der Waals surface area contributed by atoms with Crippen molar-refractivity contribution in [2.45, 2.75) is 77.2 Å². The number of methoxy groups -OCH3 is 3. The molecule has 196 valence electrons. The van der Waals surface area contributed by atoms with Crippen LogP contribution in [0.1, 0.15) is 76.7 Å². The maximum atomic E-state index is 14.1. The van der Waals surface area contributed by atoms with Crippen LogP contribution in [0.25, 0.3) is 0 Å². The second kappa shape index (κ2) is 13.8. The summed E-state index contributed by atoms with van der Waals surface area (Å²) in [5.41, 5.74) is 6.06. The Kier molecular flexibility index (Phi) is 11.1. The van der Waals surface area contributed by atoms with Gasteiger partial charge >= 0.3 is 6.03 Å². The molecule has 1 saturated carbocycles. The molecule has 1 aliphatic carbocycles. The fourth-order valence-electron chi connectivity index (χ4n) is 4.70. The highest BCUT2D eigenvalue weighted by molar-refractivity contribution is 5.99. The van der Waals surface area contributed by atoms with E-state index in [4.69, 9.17) is 19.9 Å². The van der Waals surface area contributed by atoms with Gasteiger partial charge in [-0.25, -0.2) is 4.79 Å². The van der Waals surface area contributed by atoms with Gasteiger partial charge in [0, 0.05) is 6.54 Å². The van der Waals surface area contributed by atoms with E-state index in [0.717, 1.165) is 44.9 Å². The number of nitrogens with one attached hydrogen (secondary N) is 1. The van der Waals surface area contributed by atoms with Gasteiger partial charge in [-0.3, -0.25) is 14.5 Å². The topological polar surface area (TPSA) is 120 Å². The molecular formula is C26H41N3O6. The van der Waals surface area contributed by atoms with Crippen molar-refractivity contribution in [1.29, 1.82) is 0 Å². The van der Waals surface area contributed by atoms with E-state index in [9.17, 15) is 14.4 Å². The van der Waals surface area contributed by atoms with Crippen LogP contribution in [0.2, 0.25) is 0 Å². The van der Waals surface area contributed by atoms with Crippen LogP contribution in [-0.2, 0) is 9.59 Å². The predicted octanol–water partition coefficient (Wildman–Crippen LogP) is 3.98. The molecule has 0 radical (unpaired) electrons. The van der Waals surface area contributed by atoms with Crippen LogP contribution in [0.3, 0.4) is 0 Å². The number of imide groups is 1. The molecule has 2 rings (SSSR count). The Bertz CT molecular complexity index is 844. The Labute approximate surface area is 208 Å². The summed E-state index contributed by atoms with van der Waals surface area (Å²) in [6, 6.07) is 2.10. The SMILES string of the molecule is CCCCCN(C(=O)N[C@H](C)C(N)=O)C(=O)C(c1cc(OC)c(OC)c(OC)c1)C1CCCCC1. The Morgan fingerprint density at radius 1 is 1.03 bits per heavy atom. The van der Waals surface area contributed by atoms with Crippen LogP contribution in [0.5, 0.6) is 17.2 Å². The Morgan fingerprint density at radius 3 is 2.11 bits per heavy atom. The fraction of sp³-hybridized carbons (Fsp3) is 0.654. The smallest absolute Gasteiger partial charge is 0.324 e. The summed E-state index contributed by atoms with van der Waals surface area (Å²) in [6.07, 6.45) is 7.45. The zero-order valence-corrected chi connectivity index (χ0v) is 21.7. The van der Waals surface area contributed by atoms with Crippen LogP contribution in [0.4, 0.5) is 4.79 Å². The van der Waals surface area contributed by atoms with Crippen LogP contribution < -0.4 is 25.3 Å². The third-order valence-electron chi connectivity index (χ3n) is 6.70. The average Bonchev–Trinajstić information content (AvgIpc) is 2.86. The quantitative estimate of drug-likeness (QED) is 0.427. The van der Waals surface area contributed by atoms with E-state index >= 15 is 0 Å². The lowest BCUT2D eigenvalue weighted by Gasteiger charge is -2.34. The molecule has 9 nitrogen and oxygen atoms in total. The normalized spacial score (nSPS) is 15.6. The van der Waals surface area contributed by atoms with Crippen LogP contribution >= 0.6 is 0 Å². The summed E-state index contributed by atoms with van der Waals surface area (Å²) in [6.45, 7) is 3.83. The molecule has 1 fully saturated rings. The molecular weight excluding hydrogens is 450 g/mol. The van der Waals surface area contributed by atoms with Gasteiger partial charge in [0.1, 0.15) is 6.04 Å². The van der Waals surface area contributed by atoms with Gasteiger partial charge in [0.25, 0.3) is 0 Å². The van der Waals surface area contributed by atoms with Crippen molar-refractivity contribution < 1.29 is 28.6 Å². The van der Waals surface area contributed by atoms with Crippen LogP contribution in [-0.4, -0.2) is 56.7 Å². The molecule has 1 aromatic rings. The number of hydrogen-bond acceptors (Lipinski definition) is 6. The maximum Gasteiger partial charge on any atom is 0.324 e. The van der Waals surface area contributed by atoms with Crippen molar-refractivity contribution in [2.24, 2.45) is 11.7 Å². The van der Waals surface area contributed by atoms with E-state index in [1.54, 1.807) is 12.1 Å². The Morgan fingerprint density at radius 2 is 1.63 bits per heavy atom. The van der Waals surface area contributed by atoms with E-state index in [-0.39, 0.29) is 18.4 Å². The third kappa shape index (κ3) is 7.26. The molecule has 35 heavy (non-hydrogen) atoms. The molecule has 1 aliphatic rings. The lowest BCUT2D eigenvalue weighted by molar-refractivity contribution is -0.132. The zero-order chi connectivity index (χ0) is 26.0. The van der Waals surface area contributed by atoms with E-state index in [2.05, 4.69) is 12.2 Å². The van der Waals surface area contributed by atoms with Gasteiger partial charge in [-0.2, -0.15) is 0 Å². The fourth-order valence-corrected chi connectivity index (χ4v) is 4.70. The minimum atomic E-state index is -0.890. The van der Waals surface area contributed by atoms with Crippen LogP contribution in [0, 0.1) is 5.92 Å². The number of carbonyl (C=O) groups is 3. The first-order valence-corrected chi connectivity index (χ1v) is 12.5. The second-order valence-electron chi connectivity index (χ2n) is 9.10. The number of nitrogens with zero attached hydrogens (tertiary/aromatic N) is 1. The zero-order valence-electron chi connectivity index (χ0n) is 21.7. The molecule has 0 saturated heterocycles. The molecule has 1 unspecified atom stereocenters. The molecule has 3 N–H and O–H groups in total. The van der Waals surface area contributed by atoms with Gasteiger partial charge < -0.3 is 25.3 Å². The minimum Gasteiger partial charge on any atom is -0.493 e. The van der Waals surface area contributed by atoms with Crippen molar-refractivity contribution in [1.82, 2.24) is 10.2 Å². The second-order valence-corrected chi connectivity index (χ2v) is 9.10. The number of ether oxygens (including phenoxy) is 3. The molecule has 0 spiro atoms. The predicted molar refractivity (Wildman–Crippen MR) is 134 cm³/mol. The first-order chi connectivity index (χ1) is 16.8. The lowest BCUT2D eigenvalue weighted by Crippen LogP contribution is -2.52. The first-order valence-electron chi connectivity index (χ1n) is 12.5. The standard InChI is InChI=1S/C26H41N3O6/c1-6-7-11-14-29(26(32)28-17(2)24(27)30)25(31)22(18-12-9-8-10-13-18)19-15-20(33-3)23(35-5)21(16-19)34-4/h15-18,22H,6-14H2,1-5H3,(H2,27,30)(H,28,32)/t17-,22?/m1/s1. The molecule has 0 aromatic heterocycles. The highest BCUT2D eigenvalue weighted by atomic mass is 16.5. The maximum absolute atomic E-state index is 14.1. The number of urea groups is 1. The molecule has 2 atom stereocenters. The third-order valence-corrected chi connectivity index (χ3v) is 6.70. The van der Waals surface area contributed by atoms with Crippen molar-refractivity contribution in [3.8, 4) is 17.2 Å². The summed E-state index contributed by atoms with van der Waals surface area (Å²) in [4.78, 5) is 40.1. The van der Waals surface area contributed by atoms with Gasteiger partial charge in [0.2, 0.25) is 17.6 Å². The van der Waals surface area contributed by atoms with Crippen molar-refractivity contribution >= 4 is 17.8 Å². The van der Waals surface area contributed by atoms with Gasteiger partial charge in [-0.15, -0.1) is 0 Å². The number of benzene rings is 1. The summed E-state index contributed by atoms with van der Waals surface area (Å²) < 4.78 is 16.5. The number of amides is 4. The van der Waals surface area contributed by atoms with E-state index in [1.165, 1.54) is 33.2 Å². The van der Waals surface area contributed by atoms with Crippen molar-refractivity contribution in [2.75, 3.05) is 27.9 Å². The van der Waals surface area contributed by atoms with E-state index in [1.807, 2.05) is 0 Å². The molecule has 1 aromatic carbocycles. The molecule has 0 aliphatic heterocycles. The first kappa shape index (κ1) is 28.3. The Balaban J connectivity index is 2.53.